The Kier molecular flexibility index (Phi) is 19.3. The highest BCUT2D eigenvalue weighted by molar-refractivity contribution is 5.87. The summed E-state index contributed by atoms with van der Waals surface area (Å²) in [7, 11) is 0. The molecule has 0 aliphatic rings. The number of hydrogen-bond donors (Lipinski definition) is 3. The number of carbonyl (C=O) groups excluding carboxylic acids is 4. The zero-order valence-corrected chi connectivity index (χ0v) is 23.8. The maximum atomic E-state index is 11.9. The first-order valence-electron chi connectivity index (χ1n) is 13.3. The summed E-state index contributed by atoms with van der Waals surface area (Å²) >= 11 is 0. The molecule has 0 aliphatic carbocycles. The largest absolute Gasteiger partial charge is 0.481 e. The van der Waals surface area contributed by atoms with E-state index in [4.69, 9.17) is 14.6 Å². The number of hydrogen-bond acceptors (Lipinski definition) is 8. The van der Waals surface area contributed by atoms with E-state index in [1.165, 1.54) is 0 Å². The maximum Gasteiger partial charge on any atom is 0.333 e. The molecule has 3 N–H and O–H groups in total. The van der Waals surface area contributed by atoms with Crippen molar-refractivity contribution in [3.8, 4) is 0 Å². The Hall–Kier alpha value is -4.28. The number of carbonyl (C=O) groups is 6. The second-order valence-electron chi connectivity index (χ2n) is 9.35. The van der Waals surface area contributed by atoms with Crippen molar-refractivity contribution in [3.05, 3.63) is 60.2 Å². The van der Waals surface area contributed by atoms with Gasteiger partial charge in [-0.2, -0.15) is 0 Å². The molecule has 0 aromatic heterocycles. The molecule has 0 fully saturated rings. The van der Waals surface area contributed by atoms with Crippen LogP contribution in [0.2, 0.25) is 0 Å². The van der Waals surface area contributed by atoms with Crippen molar-refractivity contribution in [3.63, 3.8) is 0 Å². The first kappa shape index (κ1) is 36.7. The first-order valence-corrected chi connectivity index (χ1v) is 13.3. The molecular formula is C30H41NO10. The summed E-state index contributed by atoms with van der Waals surface area (Å²) in [5.41, 5.74) is 1.53. The summed E-state index contributed by atoms with van der Waals surface area (Å²) in [6.45, 7) is 10.6. The Morgan fingerprint density at radius 2 is 1.34 bits per heavy atom. The Morgan fingerprint density at radius 3 is 1.83 bits per heavy atom. The Morgan fingerprint density at radius 1 is 0.805 bits per heavy atom. The molecular weight excluding hydrogens is 534 g/mol. The molecule has 0 bridgehead atoms. The summed E-state index contributed by atoms with van der Waals surface area (Å²) in [6.07, 6.45) is 2.02. The lowest BCUT2D eigenvalue weighted by molar-refractivity contribution is -0.143. The van der Waals surface area contributed by atoms with Gasteiger partial charge in [0.1, 0.15) is 5.78 Å². The molecule has 0 saturated heterocycles. The van der Waals surface area contributed by atoms with E-state index in [0.29, 0.717) is 43.4 Å². The van der Waals surface area contributed by atoms with Crippen LogP contribution in [0.4, 0.5) is 0 Å². The van der Waals surface area contributed by atoms with E-state index in [9.17, 15) is 33.9 Å². The van der Waals surface area contributed by atoms with E-state index in [0.717, 1.165) is 5.56 Å². The number of carboxylic acids is 2. The molecule has 1 atom stereocenters. The summed E-state index contributed by atoms with van der Waals surface area (Å²) in [6, 6.07) is 9.23. The van der Waals surface area contributed by atoms with Gasteiger partial charge >= 0.3 is 23.9 Å². The first-order chi connectivity index (χ1) is 19.3. The highest BCUT2D eigenvalue weighted by Crippen LogP contribution is 2.15. The molecule has 41 heavy (non-hydrogen) atoms. The number of nitrogens with one attached hydrogen (secondary N) is 1. The summed E-state index contributed by atoms with van der Waals surface area (Å²) in [5.74, 6) is -3.84. The van der Waals surface area contributed by atoms with E-state index in [2.05, 4.69) is 18.5 Å². The molecule has 1 amide bonds. The fourth-order valence-electron chi connectivity index (χ4n) is 3.16. The third kappa shape index (κ3) is 20.3. The second-order valence-corrected chi connectivity index (χ2v) is 9.35. The van der Waals surface area contributed by atoms with Crippen molar-refractivity contribution in [1.29, 1.82) is 0 Å². The molecule has 0 heterocycles. The van der Waals surface area contributed by atoms with Crippen LogP contribution in [0.3, 0.4) is 0 Å². The van der Waals surface area contributed by atoms with Gasteiger partial charge in [-0.05, 0) is 45.1 Å². The van der Waals surface area contributed by atoms with Gasteiger partial charge in [0.15, 0.2) is 0 Å². The Balaban J connectivity index is 0.000000807. The number of Topliss-reactive ketones (excluding diaryl/α,β-unsaturated/α-hetero) is 1. The quantitative estimate of drug-likeness (QED) is 0.125. The highest BCUT2D eigenvalue weighted by atomic mass is 16.5. The van der Waals surface area contributed by atoms with Gasteiger partial charge in [0.25, 0.3) is 0 Å². The monoisotopic (exact) mass is 575 g/mol. The van der Waals surface area contributed by atoms with Gasteiger partial charge < -0.3 is 25.0 Å². The highest BCUT2D eigenvalue weighted by Gasteiger charge is 2.21. The van der Waals surface area contributed by atoms with Gasteiger partial charge in [0, 0.05) is 43.4 Å². The van der Waals surface area contributed by atoms with Gasteiger partial charge in [0.05, 0.1) is 19.1 Å². The van der Waals surface area contributed by atoms with E-state index in [-0.39, 0.29) is 50.6 Å². The predicted octanol–water partition coefficient (Wildman–Crippen LogP) is 3.66. The van der Waals surface area contributed by atoms with Gasteiger partial charge in [-0.25, -0.2) is 9.59 Å². The SMILES string of the molecule is C=C(C)C(=O)OCCCC(=O)CC(Cc1ccccc1)C(=O)O.C=C(C)C(=O)OCCCC(=O)NCCCC(=O)O. The van der Waals surface area contributed by atoms with Crippen molar-refractivity contribution in [1.82, 2.24) is 5.32 Å². The summed E-state index contributed by atoms with van der Waals surface area (Å²) in [5, 5.41) is 20.2. The van der Waals surface area contributed by atoms with Crippen LogP contribution in [-0.2, 0) is 44.7 Å². The van der Waals surface area contributed by atoms with Crippen LogP contribution in [-0.4, -0.2) is 65.5 Å². The smallest absolute Gasteiger partial charge is 0.333 e. The summed E-state index contributed by atoms with van der Waals surface area (Å²) in [4.78, 5) is 66.8. The number of benzene rings is 1. The van der Waals surface area contributed by atoms with E-state index in [1.807, 2.05) is 30.3 Å². The van der Waals surface area contributed by atoms with Crippen LogP contribution in [0.1, 0.15) is 64.4 Å². The zero-order valence-electron chi connectivity index (χ0n) is 23.8. The number of rotatable bonds is 19. The number of ketones is 1. The minimum Gasteiger partial charge on any atom is -0.481 e. The molecule has 0 radical (unpaired) electrons. The van der Waals surface area contributed by atoms with Crippen molar-refractivity contribution in [2.24, 2.45) is 5.92 Å². The van der Waals surface area contributed by atoms with Crippen LogP contribution in [0.5, 0.6) is 0 Å². The number of esters is 2. The summed E-state index contributed by atoms with van der Waals surface area (Å²) < 4.78 is 9.71. The lowest BCUT2D eigenvalue weighted by Gasteiger charge is -2.11. The average Bonchev–Trinajstić information content (AvgIpc) is 2.91. The third-order valence-corrected chi connectivity index (χ3v) is 5.35. The Bertz CT molecular complexity index is 1050. The number of ether oxygens (including phenoxy) is 2. The van der Waals surface area contributed by atoms with Gasteiger partial charge in [-0.3, -0.25) is 19.2 Å². The third-order valence-electron chi connectivity index (χ3n) is 5.35. The lowest BCUT2D eigenvalue weighted by Crippen LogP contribution is -2.25. The van der Waals surface area contributed by atoms with Crippen LogP contribution >= 0.6 is 0 Å². The van der Waals surface area contributed by atoms with E-state index < -0.39 is 29.8 Å². The number of carboxylic acid groups (broad SMARTS) is 2. The molecule has 11 heteroatoms. The van der Waals surface area contributed by atoms with Gasteiger partial charge in [-0.15, -0.1) is 0 Å². The predicted molar refractivity (Wildman–Crippen MR) is 151 cm³/mol. The fraction of sp³-hybridized carbons (Fsp3) is 0.467. The van der Waals surface area contributed by atoms with Crippen LogP contribution < -0.4 is 5.32 Å². The minimum absolute atomic E-state index is 0.0152. The molecule has 1 unspecified atom stereocenters. The molecule has 11 nitrogen and oxygen atoms in total. The van der Waals surface area contributed by atoms with Crippen LogP contribution in [0, 0.1) is 5.92 Å². The Labute approximate surface area is 240 Å². The second kappa shape index (κ2) is 21.5. The van der Waals surface area contributed by atoms with Crippen LogP contribution in [0.15, 0.2) is 54.6 Å². The minimum atomic E-state index is -0.976. The molecule has 0 aliphatic heterocycles. The standard InChI is InChI=1S/C18H22O5.C12H19NO5/c1-13(2)18(22)23-10-6-9-16(19)12-15(17(20)21)11-14-7-4-3-5-8-14;1-9(2)12(17)18-8-4-5-10(14)13-7-3-6-11(15)16/h3-5,7-8,15H,1,6,9-12H2,2H3,(H,20,21);1,3-8H2,2H3,(H,13,14)(H,15,16). The lowest BCUT2D eigenvalue weighted by atomic mass is 9.93. The van der Waals surface area contributed by atoms with Gasteiger partial charge in [0.2, 0.25) is 5.91 Å². The van der Waals surface area contributed by atoms with Gasteiger partial charge in [-0.1, -0.05) is 43.5 Å². The molecule has 1 rings (SSSR count). The maximum absolute atomic E-state index is 11.9. The average molecular weight is 576 g/mol. The molecule has 1 aromatic carbocycles. The van der Waals surface area contributed by atoms with Crippen molar-refractivity contribution < 1.29 is 48.5 Å². The molecule has 1 aromatic rings. The molecule has 0 saturated carbocycles. The van der Waals surface area contributed by atoms with Crippen LogP contribution in [0.25, 0.3) is 0 Å². The topological polar surface area (TPSA) is 173 Å². The van der Waals surface area contributed by atoms with E-state index >= 15 is 0 Å². The van der Waals surface area contributed by atoms with Crippen molar-refractivity contribution >= 4 is 35.6 Å². The molecule has 0 spiro atoms. The fourth-order valence-corrected chi connectivity index (χ4v) is 3.16. The normalized spacial score (nSPS) is 10.7. The zero-order chi connectivity index (χ0) is 31.2. The number of amides is 1. The molecule has 226 valence electrons. The van der Waals surface area contributed by atoms with E-state index in [1.54, 1.807) is 13.8 Å². The van der Waals surface area contributed by atoms with Crippen molar-refractivity contribution in [2.45, 2.75) is 65.2 Å². The number of aliphatic carboxylic acids is 2. The van der Waals surface area contributed by atoms with Crippen molar-refractivity contribution in [2.75, 3.05) is 19.8 Å².